The van der Waals surface area contributed by atoms with Crippen LogP contribution in [-0.2, 0) is 11.2 Å². The summed E-state index contributed by atoms with van der Waals surface area (Å²) in [5.74, 6) is 0. The lowest BCUT2D eigenvalue weighted by Crippen LogP contribution is -2.38. The van der Waals surface area contributed by atoms with E-state index in [9.17, 15) is 15.0 Å². The van der Waals surface area contributed by atoms with Crippen molar-refractivity contribution >= 4 is 11.8 Å². The van der Waals surface area contributed by atoms with Crippen molar-refractivity contribution in [2.45, 2.75) is 45.0 Å². The average Bonchev–Trinajstić information content (AvgIpc) is 2.89. The third-order valence-corrected chi connectivity index (χ3v) is 3.40. The molecule has 1 aliphatic heterocycles. The summed E-state index contributed by atoms with van der Waals surface area (Å²) in [6.07, 6.45) is -1.86. The summed E-state index contributed by atoms with van der Waals surface area (Å²) < 4.78 is 5.08. The largest absolute Gasteiger partial charge is 0.444 e. The fourth-order valence-corrected chi connectivity index (χ4v) is 2.34. The number of aliphatic hydroxyl groups excluding tert-OH is 2. The molecule has 1 aliphatic rings. The Bertz CT molecular complexity index is 539. The first-order valence-electron chi connectivity index (χ1n) is 7.46. The van der Waals surface area contributed by atoms with Crippen LogP contribution in [-0.4, -0.2) is 41.1 Å². The van der Waals surface area contributed by atoms with Gasteiger partial charge in [0.25, 0.3) is 0 Å². The third kappa shape index (κ3) is 4.35. The van der Waals surface area contributed by atoms with E-state index < -0.39 is 23.9 Å². The van der Waals surface area contributed by atoms with Crippen molar-refractivity contribution in [2.24, 2.45) is 0 Å². The van der Waals surface area contributed by atoms with Gasteiger partial charge in [-0.1, -0.05) is 12.1 Å². The molecular formula is C16H24N2O4. The molecule has 6 nitrogen and oxygen atoms in total. The zero-order valence-corrected chi connectivity index (χ0v) is 13.2. The van der Waals surface area contributed by atoms with Gasteiger partial charge in [-0.25, -0.2) is 4.79 Å². The van der Waals surface area contributed by atoms with Gasteiger partial charge >= 0.3 is 6.09 Å². The molecule has 0 saturated carbocycles. The Hall–Kier alpha value is -1.79. The molecule has 0 bridgehead atoms. The number of alkyl carbamates (subject to hydrolysis) is 1. The summed E-state index contributed by atoms with van der Waals surface area (Å²) in [7, 11) is 0. The number of anilines is 1. The molecule has 22 heavy (non-hydrogen) atoms. The minimum absolute atomic E-state index is 0.0780. The average molecular weight is 308 g/mol. The molecule has 0 radical (unpaired) electrons. The molecule has 1 heterocycles. The Labute approximate surface area is 130 Å². The number of ether oxygens (including phenoxy) is 1. The van der Waals surface area contributed by atoms with Gasteiger partial charge in [0.05, 0.1) is 0 Å². The minimum atomic E-state index is -1.10. The van der Waals surface area contributed by atoms with E-state index in [2.05, 4.69) is 10.6 Å². The van der Waals surface area contributed by atoms with E-state index in [0.29, 0.717) is 5.56 Å². The van der Waals surface area contributed by atoms with Crippen molar-refractivity contribution < 1.29 is 19.7 Å². The SMILES string of the molecule is CC(C)(C)OC(=O)NCC(O)C(O)c1ccc2c(c1)CCN2. The maximum absolute atomic E-state index is 11.5. The van der Waals surface area contributed by atoms with Crippen molar-refractivity contribution in [3.63, 3.8) is 0 Å². The number of rotatable bonds is 4. The minimum Gasteiger partial charge on any atom is -0.444 e. The normalized spacial score (nSPS) is 16.4. The topological polar surface area (TPSA) is 90.8 Å². The van der Waals surface area contributed by atoms with Gasteiger partial charge < -0.3 is 25.6 Å². The Morgan fingerprint density at radius 1 is 1.41 bits per heavy atom. The first-order valence-corrected chi connectivity index (χ1v) is 7.46. The van der Waals surface area contributed by atoms with Crippen LogP contribution in [0.5, 0.6) is 0 Å². The third-order valence-electron chi connectivity index (χ3n) is 3.40. The summed E-state index contributed by atoms with van der Waals surface area (Å²) in [6, 6.07) is 5.56. The van der Waals surface area contributed by atoms with Gasteiger partial charge in [-0.15, -0.1) is 0 Å². The van der Waals surface area contributed by atoms with Crippen molar-refractivity contribution in [1.82, 2.24) is 5.32 Å². The number of amides is 1. The molecular weight excluding hydrogens is 284 g/mol. The number of carbonyl (C=O) groups excluding carboxylic acids is 1. The molecule has 0 saturated heterocycles. The van der Waals surface area contributed by atoms with E-state index in [1.807, 2.05) is 12.1 Å². The van der Waals surface area contributed by atoms with Gasteiger partial charge in [0.1, 0.15) is 17.8 Å². The number of carbonyl (C=O) groups is 1. The molecule has 4 N–H and O–H groups in total. The van der Waals surface area contributed by atoms with E-state index in [1.54, 1.807) is 26.8 Å². The van der Waals surface area contributed by atoms with Gasteiger partial charge in [-0.05, 0) is 44.4 Å². The Kier molecular flexibility index (Phi) is 4.93. The van der Waals surface area contributed by atoms with Crippen molar-refractivity contribution in [1.29, 1.82) is 0 Å². The van der Waals surface area contributed by atoms with Crippen LogP contribution >= 0.6 is 0 Å². The molecule has 2 atom stereocenters. The molecule has 2 unspecified atom stereocenters. The Balaban J connectivity index is 1.89. The lowest BCUT2D eigenvalue weighted by atomic mass is 10.0. The molecule has 0 aromatic heterocycles. The second-order valence-corrected chi connectivity index (χ2v) is 6.49. The Morgan fingerprint density at radius 2 is 2.14 bits per heavy atom. The fourth-order valence-electron chi connectivity index (χ4n) is 2.34. The van der Waals surface area contributed by atoms with E-state index in [1.165, 1.54) is 0 Å². The quantitative estimate of drug-likeness (QED) is 0.678. The predicted molar refractivity (Wildman–Crippen MR) is 83.8 cm³/mol. The van der Waals surface area contributed by atoms with Crippen LogP contribution in [0.4, 0.5) is 10.5 Å². The van der Waals surface area contributed by atoms with Crippen LogP contribution in [0.15, 0.2) is 18.2 Å². The summed E-state index contributed by atoms with van der Waals surface area (Å²) in [6.45, 7) is 6.09. The van der Waals surface area contributed by atoms with E-state index in [-0.39, 0.29) is 6.54 Å². The van der Waals surface area contributed by atoms with Crippen LogP contribution in [0.25, 0.3) is 0 Å². The smallest absolute Gasteiger partial charge is 0.407 e. The van der Waals surface area contributed by atoms with E-state index in [4.69, 9.17) is 4.74 Å². The molecule has 1 aromatic carbocycles. The lowest BCUT2D eigenvalue weighted by Gasteiger charge is -2.22. The van der Waals surface area contributed by atoms with E-state index >= 15 is 0 Å². The second kappa shape index (κ2) is 6.54. The van der Waals surface area contributed by atoms with E-state index in [0.717, 1.165) is 24.2 Å². The summed E-state index contributed by atoms with van der Waals surface area (Å²) >= 11 is 0. The van der Waals surface area contributed by atoms with Crippen LogP contribution in [0.1, 0.15) is 38.0 Å². The zero-order valence-electron chi connectivity index (χ0n) is 13.2. The Morgan fingerprint density at radius 3 is 2.82 bits per heavy atom. The first-order chi connectivity index (χ1) is 10.3. The number of benzene rings is 1. The van der Waals surface area contributed by atoms with Gasteiger partial charge in [-0.3, -0.25) is 0 Å². The van der Waals surface area contributed by atoms with Crippen molar-refractivity contribution in [2.75, 3.05) is 18.4 Å². The van der Waals surface area contributed by atoms with Crippen LogP contribution in [0, 0.1) is 0 Å². The van der Waals surface area contributed by atoms with Gasteiger partial charge in [0, 0.05) is 18.8 Å². The highest BCUT2D eigenvalue weighted by Gasteiger charge is 2.22. The number of fused-ring (bicyclic) bond motifs is 1. The number of aliphatic hydroxyl groups is 2. The maximum atomic E-state index is 11.5. The van der Waals surface area contributed by atoms with Gasteiger partial charge in [0.15, 0.2) is 0 Å². The molecule has 0 spiro atoms. The molecule has 0 aliphatic carbocycles. The monoisotopic (exact) mass is 308 g/mol. The highest BCUT2D eigenvalue weighted by molar-refractivity contribution is 5.67. The zero-order chi connectivity index (χ0) is 16.3. The molecule has 1 amide bonds. The molecule has 1 aromatic rings. The summed E-state index contributed by atoms with van der Waals surface area (Å²) in [5.41, 5.74) is 2.24. The fraction of sp³-hybridized carbons (Fsp3) is 0.562. The molecule has 2 rings (SSSR count). The maximum Gasteiger partial charge on any atom is 0.407 e. The van der Waals surface area contributed by atoms with Crippen molar-refractivity contribution in [3.8, 4) is 0 Å². The van der Waals surface area contributed by atoms with Gasteiger partial charge in [-0.2, -0.15) is 0 Å². The number of hydrogen-bond donors (Lipinski definition) is 4. The molecule has 6 heteroatoms. The van der Waals surface area contributed by atoms with Crippen LogP contribution < -0.4 is 10.6 Å². The van der Waals surface area contributed by atoms with Crippen LogP contribution in [0.3, 0.4) is 0 Å². The summed E-state index contributed by atoms with van der Waals surface area (Å²) in [5, 5.41) is 25.9. The summed E-state index contributed by atoms with van der Waals surface area (Å²) in [4.78, 5) is 11.5. The number of nitrogens with one attached hydrogen (secondary N) is 2. The predicted octanol–water partition coefficient (Wildman–Crippen LogP) is 1.57. The second-order valence-electron chi connectivity index (χ2n) is 6.49. The first kappa shape index (κ1) is 16.6. The standard InChI is InChI=1S/C16H24N2O4/c1-16(2,3)22-15(21)18-9-13(19)14(20)11-4-5-12-10(8-11)6-7-17-12/h4-5,8,13-14,17,19-20H,6-7,9H2,1-3H3,(H,18,21). The van der Waals surface area contributed by atoms with Crippen molar-refractivity contribution in [3.05, 3.63) is 29.3 Å². The highest BCUT2D eigenvalue weighted by Crippen LogP contribution is 2.27. The number of hydrogen-bond acceptors (Lipinski definition) is 5. The molecule has 122 valence electrons. The van der Waals surface area contributed by atoms with Crippen LogP contribution in [0.2, 0.25) is 0 Å². The lowest BCUT2D eigenvalue weighted by molar-refractivity contribution is 0.0129. The van der Waals surface area contributed by atoms with Gasteiger partial charge in [0.2, 0.25) is 0 Å². The molecule has 0 fully saturated rings. The highest BCUT2D eigenvalue weighted by atomic mass is 16.6.